The summed E-state index contributed by atoms with van der Waals surface area (Å²) >= 11 is 3.39. The van der Waals surface area contributed by atoms with Crippen LogP contribution in [0.3, 0.4) is 0 Å². The smallest absolute Gasteiger partial charge is 0.125 e. The highest BCUT2D eigenvalue weighted by molar-refractivity contribution is 9.10. The van der Waals surface area contributed by atoms with Crippen molar-refractivity contribution in [2.45, 2.75) is 13.5 Å². The van der Waals surface area contributed by atoms with E-state index in [0.717, 1.165) is 21.3 Å². The zero-order valence-corrected chi connectivity index (χ0v) is 11.1. The molecule has 1 nitrogen and oxygen atoms in total. The van der Waals surface area contributed by atoms with Gasteiger partial charge in [-0.3, -0.25) is 0 Å². The zero-order valence-electron chi connectivity index (χ0n) is 9.50. The van der Waals surface area contributed by atoms with Gasteiger partial charge in [0.15, 0.2) is 0 Å². The van der Waals surface area contributed by atoms with Crippen molar-refractivity contribution in [1.29, 1.82) is 0 Å². The molecular formula is C14H13BrFN. The van der Waals surface area contributed by atoms with Crippen LogP contribution in [0, 0.1) is 12.7 Å². The van der Waals surface area contributed by atoms with E-state index < -0.39 is 0 Å². The Morgan fingerprint density at radius 2 is 1.82 bits per heavy atom. The number of aryl methyl sites for hydroxylation is 1. The summed E-state index contributed by atoms with van der Waals surface area (Å²) in [5.41, 5.74) is 3.05. The van der Waals surface area contributed by atoms with Crippen LogP contribution in [0.4, 0.5) is 10.1 Å². The van der Waals surface area contributed by atoms with Crippen LogP contribution in [0.15, 0.2) is 46.9 Å². The van der Waals surface area contributed by atoms with E-state index in [-0.39, 0.29) is 5.82 Å². The molecule has 0 unspecified atom stereocenters. The number of nitrogens with one attached hydrogen (secondary N) is 1. The molecule has 2 aromatic rings. The summed E-state index contributed by atoms with van der Waals surface area (Å²) in [6.07, 6.45) is 0. The summed E-state index contributed by atoms with van der Waals surface area (Å²) in [6, 6.07) is 12.8. The maximum absolute atomic E-state index is 13.1. The van der Waals surface area contributed by atoms with Crippen LogP contribution in [-0.2, 0) is 6.54 Å². The number of hydrogen-bond donors (Lipinski definition) is 1. The van der Waals surface area contributed by atoms with Crippen molar-refractivity contribution in [2.75, 3.05) is 5.32 Å². The van der Waals surface area contributed by atoms with Crippen molar-refractivity contribution in [3.05, 3.63) is 63.9 Å². The first-order valence-corrected chi connectivity index (χ1v) is 6.19. The van der Waals surface area contributed by atoms with E-state index in [4.69, 9.17) is 0 Å². The predicted octanol–water partition coefficient (Wildman–Crippen LogP) is 4.51. The highest BCUT2D eigenvalue weighted by Gasteiger charge is 2.00. The molecule has 0 aromatic heterocycles. The van der Waals surface area contributed by atoms with Gasteiger partial charge in [0, 0.05) is 16.7 Å². The molecule has 0 amide bonds. The number of rotatable bonds is 3. The minimum atomic E-state index is -0.214. The van der Waals surface area contributed by atoms with Gasteiger partial charge in [0.25, 0.3) is 0 Å². The largest absolute Gasteiger partial charge is 0.381 e. The summed E-state index contributed by atoms with van der Waals surface area (Å²) in [6.45, 7) is 2.65. The molecule has 88 valence electrons. The zero-order chi connectivity index (χ0) is 12.3. The fraction of sp³-hybridized carbons (Fsp3) is 0.143. The molecule has 0 aliphatic heterocycles. The lowest BCUT2D eigenvalue weighted by Crippen LogP contribution is -2.01. The Kier molecular flexibility index (Phi) is 3.79. The molecule has 0 heterocycles. The fourth-order valence-electron chi connectivity index (χ4n) is 1.58. The molecule has 3 heteroatoms. The Labute approximate surface area is 109 Å². The van der Waals surface area contributed by atoms with Gasteiger partial charge in [0.05, 0.1) is 0 Å². The minimum absolute atomic E-state index is 0.214. The second kappa shape index (κ2) is 5.32. The van der Waals surface area contributed by atoms with Crippen molar-refractivity contribution in [3.8, 4) is 0 Å². The molecule has 0 aliphatic rings. The third-order valence-corrected chi connectivity index (χ3v) is 3.12. The summed E-state index contributed by atoms with van der Waals surface area (Å²) in [4.78, 5) is 0. The molecule has 0 spiro atoms. The van der Waals surface area contributed by atoms with Crippen LogP contribution >= 0.6 is 15.9 Å². The van der Waals surface area contributed by atoms with Crippen molar-refractivity contribution in [1.82, 2.24) is 0 Å². The first kappa shape index (κ1) is 12.1. The van der Waals surface area contributed by atoms with E-state index in [1.165, 1.54) is 12.1 Å². The molecule has 0 aliphatic carbocycles. The van der Waals surface area contributed by atoms with Gasteiger partial charge in [-0.05, 0) is 42.3 Å². The molecule has 1 N–H and O–H groups in total. The number of benzene rings is 2. The molecule has 0 saturated heterocycles. The van der Waals surface area contributed by atoms with Crippen LogP contribution in [0.5, 0.6) is 0 Å². The average Bonchev–Trinajstić information content (AvgIpc) is 2.32. The van der Waals surface area contributed by atoms with Crippen molar-refractivity contribution < 1.29 is 4.39 Å². The average molecular weight is 294 g/mol. The standard InChI is InChI=1S/C14H13BrFN/c1-10-2-7-13(16)8-14(10)17-9-11-3-5-12(15)6-4-11/h2-8,17H,9H2,1H3. The summed E-state index contributed by atoms with van der Waals surface area (Å²) in [5, 5.41) is 3.23. The van der Waals surface area contributed by atoms with Gasteiger partial charge >= 0.3 is 0 Å². The van der Waals surface area contributed by atoms with Gasteiger partial charge in [0.1, 0.15) is 5.82 Å². The Balaban J connectivity index is 2.07. The van der Waals surface area contributed by atoms with E-state index in [1.54, 1.807) is 6.07 Å². The van der Waals surface area contributed by atoms with Crippen molar-refractivity contribution in [2.24, 2.45) is 0 Å². The molecule has 0 bridgehead atoms. The predicted molar refractivity (Wildman–Crippen MR) is 72.6 cm³/mol. The van der Waals surface area contributed by atoms with Crippen LogP contribution in [0.1, 0.15) is 11.1 Å². The van der Waals surface area contributed by atoms with Crippen LogP contribution in [0.25, 0.3) is 0 Å². The van der Waals surface area contributed by atoms with Gasteiger partial charge < -0.3 is 5.32 Å². The van der Waals surface area contributed by atoms with Gasteiger partial charge in [-0.1, -0.05) is 34.1 Å². The Bertz CT molecular complexity index is 508. The molecule has 17 heavy (non-hydrogen) atoms. The highest BCUT2D eigenvalue weighted by Crippen LogP contribution is 2.17. The summed E-state index contributed by atoms with van der Waals surface area (Å²) in [7, 11) is 0. The second-order valence-corrected chi connectivity index (χ2v) is 4.85. The monoisotopic (exact) mass is 293 g/mol. The first-order chi connectivity index (χ1) is 8.15. The SMILES string of the molecule is Cc1ccc(F)cc1NCc1ccc(Br)cc1. The molecule has 0 radical (unpaired) electrons. The van der Waals surface area contributed by atoms with E-state index in [0.29, 0.717) is 6.54 Å². The molecular weight excluding hydrogens is 281 g/mol. The fourth-order valence-corrected chi connectivity index (χ4v) is 1.85. The Morgan fingerprint density at radius 1 is 1.12 bits per heavy atom. The van der Waals surface area contributed by atoms with Crippen molar-refractivity contribution >= 4 is 21.6 Å². The van der Waals surface area contributed by atoms with E-state index in [2.05, 4.69) is 21.2 Å². The summed E-state index contributed by atoms with van der Waals surface area (Å²) in [5.74, 6) is -0.214. The second-order valence-electron chi connectivity index (χ2n) is 3.94. The number of halogens is 2. The maximum Gasteiger partial charge on any atom is 0.125 e. The van der Waals surface area contributed by atoms with Gasteiger partial charge in [0.2, 0.25) is 0 Å². The molecule has 0 fully saturated rings. The van der Waals surface area contributed by atoms with Crippen molar-refractivity contribution in [3.63, 3.8) is 0 Å². The number of anilines is 1. The van der Waals surface area contributed by atoms with Crippen LogP contribution < -0.4 is 5.32 Å². The first-order valence-electron chi connectivity index (χ1n) is 5.39. The van der Waals surface area contributed by atoms with Gasteiger partial charge in [-0.25, -0.2) is 4.39 Å². The highest BCUT2D eigenvalue weighted by atomic mass is 79.9. The third-order valence-electron chi connectivity index (χ3n) is 2.60. The van der Waals surface area contributed by atoms with Gasteiger partial charge in [-0.15, -0.1) is 0 Å². The topological polar surface area (TPSA) is 12.0 Å². The number of hydrogen-bond acceptors (Lipinski definition) is 1. The molecule has 0 atom stereocenters. The summed E-state index contributed by atoms with van der Waals surface area (Å²) < 4.78 is 14.1. The van der Waals surface area contributed by atoms with E-state index >= 15 is 0 Å². The lowest BCUT2D eigenvalue weighted by atomic mass is 10.1. The lowest BCUT2D eigenvalue weighted by molar-refractivity contribution is 0.628. The molecule has 2 rings (SSSR count). The van der Waals surface area contributed by atoms with E-state index in [9.17, 15) is 4.39 Å². The quantitative estimate of drug-likeness (QED) is 0.878. The maximum atomic E-state index is 13.1. The lowest BCUT2D eigenvalue weighted by Gasteiger charge is -2.09. The third kappa shape index (κ3) is 3.30. The Hall–Kier alpha value is -1.35. The van der Waals surface area contributed by atoms with Crippen LogP contribution in [0.2, 0.25) is 0 Å². The van der Waals surface area contributed by atoms with E-state index in [1.807, 2.05) is 31.2 Å². The van der Waals surface area contributed by atoms with Crippen LogP contribution in [-0.4, -0.2) is 0 Å². The Morgan fingerprint density at radius 3 is 2.53 bits per heavy atom. The normalized spacial score (nSPS) is 10.3. The molecule has 0 saturated carbocycles. The molecule has 2 aromatic carbocycles. The minimum Gasteiger partial charge on any atom is -0.381 e. The van der Waals surface area contributed by atoms with Gasteiger partial charge in [-0.2, -0.15) is 0 Å².